The van der Waals surface area contributed by atoms with Gasteiger partial charge >= 0.3 is 29.8 Å². The summed E-state index contributed by atoms with van der Waals surface area (Å²) >= 11 is 0. The third-order valence-electron chi connectivity index (χ3n) is 4.27. The molecule has 0 aliphatic carbocycles. The number of aromatic carboxylic acids is 4. The fourth-order valence-electron chi connectivity index (χ4n) is 2.59. The zero-order valence-electron chi connectivity index (χ0n) is 17.0. The quantitative estimate of drug-likeness (QED) is 0.165. The average Bonchev–Trinajstić information content (AvgIpc) is 2.77. The lowest BCUT2D eigenvalue weighted by Crippen LogP contribution is -2.23. The van der Waals surface area contributed by atoms with Gasteiger partial charge in [-0.15, -0.1) is 0 Å². The van der Waals surface area contributed by atoms with Crippen LogP contribution >= 0.6 is 0 Å². The van der Waals surface area contributed by atoms with E-state index in [-0.39, 0.29) is 28.7 Å². The van der Waals surface area contributed by atoms with Gasteiger partial charge in [0.05, 0.1) is 27.8 Å². The normalized spacial score (nSPS) is 11.4. The summed E-state index contributed by atoms with van der Waals surface area (Å²) in [6, 6.07) is 6.21. The summed E-state index contributed by atoms with van der Waals surface area (Å²) in [6.07, 6.45) is -1.25. The average molecular weight is 462 g/mol. The molecule has 0 radical (unpaired) electrons. The number of carbonyl (C=O) groups is 5. The molecule has 2 aromatic carbocycles. The van der Waals surface area contributed by atoms with E-state index in [1.165, 1.54) is 12.1 Å². The number of esters is 1. The second-order valence-corrected chi connectivity index (χ2v) is 6.45. The van der Waals surface area contributed by atoms with Gasteiger partial charge in [-0.3, -0.25) is 0 Å². The Morgan fingerprint density at radius 1 is 0.758 bits per heavy atom. The fourth-order valence-corrected chi connectivity index (χ4v) is 2.59. The molecule has 0 bridgehead atoms. The lowest BCUT2D eigenvalue weighted by Gasteiger charge is -2.17. The van der Waals surface area contributed by atoms with Crippen molar-refractivity contribution in [2.75, 3.05) is 0 Å². The third-order valence-corrected chi connectivity index (χ3v) is 4.27. The Morgan fingerprint density at radius 2 is 1.30 bits per heavy atom. The van der Waals surface area contributed by atoms with E-state index in [4.69, 9.17) is 24.7 Å². The zero-order chi connectivity index (χ0) is 24.7. The standard InChI is InChI=1S/C21H18O12/c1-2-16(32-21(30)13-6-5-11(18(24)25)8-15(13)20(28)29)33-31-9-12-4-3-10(17(22)23)7-14(12)19(26)27/h3-8,16H,2,9H2,1H3,(H,22,23)(H,24,25)(H,26,27)(H,28,29). The van der Waals surface area contributed by atoms with E-state index in [1.807, 2.05) is 0 Å². The molecule has 0 spiro atoms. The second kappa shape index (κ2) is 10.8. The molecule has 4 N–H and O–H groups in total. The summed E-state index contributed by atoms with van der Waals surface area (Å²) in [6.45, 7) is 1.13. The second-order valence-electron chi connectivity index (χ2n) is 6.45. The Kier molecular flexibility index (Phi) is 8.20. The number of benzene rings is 2. The van der Waals surface area contributed by atoms with Crippen molar-refractivity contribution in [3.05, 3.63) is 69.8 Å². The summed E-state index contributed by atoms with van der Waals surface area (Å²) in [5, 5.41) is 36.5. The maximum absolute atomic E-state index is 12.4. The molecule has 0 fully saturated rings. The third kappa shape index (κ3) is 6.35. The smallest absolute Gasteiger partial charge is 0.341 e. The molecule has 174 valence electrons. The molecule has 12 nitrogen and oxygen atoms in total. The van der Waals surface area contributed by atoms with Gasteiger partial charge in [-0.2, -0.15) is 4.89 Å². The van der Waals surface area contributed by atoms with Crippen molar-refractivity contribution in [1.29, 1.82) is 0 Å². The van der Waals surface area contributed by atoms with Gasteiger partial charge in [0.15, 0.2) is 0 Å². The first-order valence-corrected chi connectivity index (χ1v) is 9.24. The van der Waals surface area contributed by atoms with Crippen LogP contribution in [0, 0.1) is 0 Å². The Bertz CT molecular complexity index is 1100. The van der Waals surface area contributed by atoms with Crippen molar-refractivity contribution in [2.24, 2.45) is 0 Å². The zero-order valence-corrected chi connectivity index (χ0v) is 17.0. The van der Waals surface area contributed by atoms with Crippen molar-refractivity contribution < 1.29 is 58.9 Å². The summed E-state index contributed by atoms with van der Waals surface area (Å²) in [7, 11) is 0. The number of carboxylic acid groups (broad SMARTS) is 4. The molecule has 0 saturated carbocycles. The van der Waals surface area contributed by atoms with Gasteiger partial charge in [0.1, 0.15) is 6.61 Å². The van der Waals surface area contributed by atoms with Crippen molar-refractivity contribution in [1.82, 2.24) is 0 Å². The van der Waals surface area contributed by atoms with E-state index < -0.39 is 53.9 Å². The Balaban J connectivity index is 2.09. The molecule has 2 rings (SSSR count). The highest BCUT2D eigenvalue weighted by Crippen LogP contribution is 2.18. The van der Waals surface area contributed by atoms with E-state index in [1.54, 1.807) is 6.92 Å². The van der Waals surface area contributed by atoms with Gasteiger partial charge in [-0.1, -0.05) is 13.0 Å². The molecule has 12 heteroatoms. The summed E-state index contributed by atoms with van der Waals surface area (Å²) in [4.78, 5) is 67.1. The van der Waals surface area contributed by atoms with Gasteiger partial charge in [0, 0.05) is 6.42 Å². The summed E-state index contributed by atoms with van der Waals surface area (Å²) in [5.74, 6) is -6.73. The van der Waals surface area contributed by atoms with Gasteiger partial charge in [0.25, 0.3) is 0 Å². The van der Waals surface area contributed by atoms with Crippen LogP contribution in [0.3, 0.4) is 0 Å². The largest absolute Gasteiger partial charge is 0.478 e. The number of carboxylic acids is 4. The van der Waals surface area contributed by atoms with Crippen molar-refractivity contribution in [3.8, 4) is 0 Å². The van der Waals surface area contributed by atoms with Crippen molar-refractivity contribution >= 4 is 29.8 Å². The van der Waals surface area contributed by atoms with Crippen LogP contribution in [0.15, 0.2) is 36.4 Å². The number of hydrogen-bond acceptors (Lipinski definition) is 8. The molecule has 33 heavy (non-hydrogen) atoms. The van der Waals surface area contributed by atoms with Gasteiger partial charge < -0.3 is 25.2 Å². The number of ether oxygens (including phenoxy) is 1. The minimum absolute atomic E-state index is 0.0606. The highest BCUT2D eigenvalue weighted by atomic mass is 17.2. The van der Waals surface area contributed by atoms with Crippen LogP contribution in [0.25, 0.3) is 0 Å². The Morgan fingerprint density at radius 3 is 1.82 bits per heavy atom. The molecule has 2 aromatic rings. The molecular weight excluding hydrogens is 444 g/mol. The lowest BCUT2D eigenvalue weighted by atomic mass is 10.0. The summed E-state index contributed by atoms with van der Waals surface area (Å²) in [5.41, 5.74) is -1.80. The van der Waals surface area contributed by atoms with E-state index in [2.05, 4.69) is 0 Å². The molecular formula is C21H18O12. The van der Waals surface area contributed by atoms with Crippen LogP contribution < -0.4 is 0 Å². The predicted octanol–water partition coefficient (Wildman–Crippen LogP) is 2.52. The minimum Gasteiger partial charge on any atom is -0.478 e. The first-order valence-electron chi connectivity index (χ1n) is 9.24. The lowest BCUT2D eigenvalue weighted by molar-refractivity contribution is -0.374. The molecule has 1 unspecified atom stereocenters. The molecule has 1 atom stereocenters. The van der Waals surface area contributed by atoms with E-state index in [0.29, 0.717) is 0 Å². The van der Waals surface area contributed by atoms with Gasteiger partial charge in [0.2, 0.25) is 6.29 Å². The molecule has 0 saturated heterocycles. The summed E-state index contributed by atoms with van der Waals surface area (Å²) < 4.78 is 5.05. The maximum atomic E-state index is 12.4. The highest BCUT2D eigenvalue weighted by molar-refractivity contribution is 6.04. The monoisotopic (exact) mass is 462 g/mol. The van der Waals surface area contributed by atoms with E-state index >= 15 is 0 Å². The number of rotatable bonds is 11. The fraction of sp³-hybridized carbons (Fsp3) is 0.190. The first-order chi connectivity index (χ1) is 15.5. The van der Waals surface area contributed by atoms with Crippen LogP contribution in [-0.4, -0.2) is 56.6 Å². The van der Waals surface area contributed by atoms with E-state index in [9.17, 15) is 34.2 Å². The van der Waals surface area contributed by atoms with Crippen molar-refractivity contribution in [2.45, 2.75) is 26.2 Å². The number of carbonyl (C=O) groups excluding carboxylic acids is 1. The van der Waals surface area contributed by atoms with Crippen LogP contribution in [0.1, 0.15) is 70.7 Å². The molecule has 0 heterocycles. The van der Waals surface area contributed by atoms with Crippen LogP contribution in [-0.2, 0) is 21.1 Å². The maximum Gasteiger partial charge on any atom is 0.341 e. The van der Waals surface area contributed by atoms with Crippen LogP contribution in [0.2, 0.25) is 0 Å². The minimum atomic E-state index is -1.54. The first kappa shape index (κ1) is 25.0. The van der Waals surface area contributed by atoms with E-state index in [0.717, 1.165) is 24.3 Å². The van der Waals surface area contributed by atoms with Crippen LogP contribution in [0.4, 0.5) is 0 Å². The van der Waals surface area contributed by atoms with Gasteiger partial charge in [-0.25, -0.2) is 28.9 Å². The molecule has 0 aliphatic heterocycles. The Hall–Kier alpha value is -4.29. The SMILES string of the molecule is CCC(OOCc1ccc(C(=O)O)cc1C(=O)O)OC(=O)c1ccc(C(=O)O)cc1C(=O)O. The highest BCUT2D eigenvalue weighted by Gasteiger charge is 2.23. The Labute approximate surface area is 185 Å². The predicted molar refractivity (Wildman–Crippen MR) is 106 cm³/mol. The molecule has 0 aliphatic rings. The topological polar surface area (TPSA) is 194 Å². The molecule has 0 aromatic heterocycles. The molecule has 0 amide bonds. The number of hydrogen-bond donors (Lipinski definition) is 4. The van der Waals surface area contributed by atoms with Gasteiger partial charge in [-0.05, 0) is 35.9 Å². The van der Waals surface area contributed by atoms with Crippen molar-refractivity contribution in [3.63, 3.8) is 0 Å². The van der Waals surface area contributed by atoms with Crippen LogP contribution in [0.5, 0.6) is 0 Å².